The maximum Gasteiger partial charge on any atom is 0.163 e. The summed E-state index contributed by atoms with van der Waals surface area (Å²) in [6, 6.07) is 23.9. The standard InChI is InChI=1S/C24H20N6S4/c1-31-23(29-25-15-19-13-11-17-7-3-5-9-21(17)27-19)33-34-24(32-2)30-26-16-20-14-12-18-8-4-6-10-22(18)28-20/h3-16H,1-2H3/b25-15-,26-16+,29-23+,30-24+. The third-order valence-corrected chi connectivity index (χ3v) is 9.16. The molecule has 0 amide bonds. The fourth-order valence-corrected chi connectivity index (χ4v) is 6.40. The smallest absolute Gasteiger partial charge is 0.163 e. The fraction of sp³-hybridized carbons (Fsp3) is 0.0833. The Morgan fingerprint density at radius 2 is 1.06 bits per heavy atom. The second-order valence-electron chi connectivity index (χ2n) is 6.65. The lowest BCUT2D eigenvalue weighted by atomic mass is 10.2. The van der Waals surface area contributed by atoms with E-state index in [0.717, 1.165) is 41.9 Å². The maximum absolute atomic E-state index is 4.58. The molecule has 4 aromatic rings. The molecular formula is C24H20N6S4. The van der Waals surface area contributed by atoms with Crippen LogP contribution < -0.4 is 0 Å². The molecule has 0 aliphatic carbocycles. The molecule has 170 valence electrons. The van der Waals surface area contributed by atoms with Gasteiger partial charge in [0.05, 0.1) is 34.9 Å². The first-order chi connectivity index (χ1) is 16.7. The Balaban J connectivity index is 1.36. The van der Waals surface area contributed by atoms with Crippen molar-refractivity contribution >= 4 is 88.1 Å². The summed E-state index contributed by atoms with van der Waals surface area (Å²) in [5.41, 5.74) is 3.41. The molecule has 34 heavy (non-hydrogen) atoms. The zero-order chi connectivity index (χ0) is 23.6. The number of thioether (sulfide) groups is 2. The van der Waals surface area contributed by atoms with Crippen LogP contribution in [-0.2, 0) is 0 Å². The minimum Gasteiger partial charge on any atom is -0.247 e. The molecule has 0 N–H and O–H groups in total. The Labute approximate surface area is 214 Å². The van der Waals surface area contributed by atoms with E-state index in [4.69, 9.17) is 0 Å². The van der Waals surface area contributed by atoms with Gasteiger partial charge in [-0.3, -0.25) is 0 Å². The molecule has 2 heterocycles. The van der Waals surface area contributed by atoms with Gasteiger partial charge >= 0.3 is 0 Å². The highest BCUT2D eigenvalue weighted by Gasteiger charge is 2.05. The quantitative estimate of drug-likeness (QED) is 0.125. The Kier molecular flexibility index (Phi) is 9.14. The van der Waals surface area contributed by atoms with Gasteiger partial charge in [0.1, 0.15) is 0 Å². The largest absolute Gasteiger partial charge is 0.247 e. The van der Waals surface area contributed by atoms with Crippen molar-refractivity contribution in [2.45, 2.75) is 0 Å². The lowest BCUT2D eigenvalue weighted by molar-refractivity contribution is 1.26. The third kappa shape index (κ3) is 6.92. The number of hydrogen-bond acceptors (Lipinski definition) is 10. The molecular weight excluding hydrogens is 501 g/mol. The molecule has 0 unspecified atom stereocenters. The second kappa shape index (κ2) is 12.7. The van der Waals surface area contributed by atoms with E-state index < -0.39 is 0 Å². The van der Waals surface area contributed by atoms with Gasteiger partial charge in [0.25, 0.3) is 0 Å². The van der Waals surface area contributed by atoms with Crippen LogP contribution in [0.2, 0.25) is 0 Å². The molecule has 0 aliphatic rings. The van der Waals surface area contributed by atoms with Crippen LogP contribution in [0, 0.1) is 0 Å². The zero-order valence-corrected chi connectivity index (χ0v) is 21.7. The summed E-state index contributed by atoms with van der Waals surface area (Å²) in [4.78, 5) is 9.16. The molecule has 0 fully saturated rings. The maximum atomic E-state index is 4.58. The minimum absolute atomic E-state index is 0.767. The van der Waals surface area contributed by atoms with Crippen LogP contribution in [0.3, 0.4) is 0 Å². The van der Waals surface area contributed by atoms with E-state index >= 15 is 0 Å². The van der Waals surface area contributed by atoms with Gasteiger partial charge in [0.15, 0.2) is 8.75 Å². The highest BCUT2D eigenvalue weighted by atomic mass is 33.1. The Morgan fingerprint density at radius 1 is 0.618 bits per heavy atom. The van der Waals surface area contributed by atoms with Crippen molar-refractivity contribution in [1.29, 1.82) is 0 Å². The van der Waals surface area contributed by atoms with Crippen LogP contribution in [0.1, 0.15) is 11.4 Å². The average Bonchev–Trinajstić information content (AvgIpc) is 2.89. The minimum atomic E-state index is 0.767. The molecule has 0 atom stereocenters. The van der Waals surface area contributed by atoms with Gasteiger partial charge in [-0.15, -0.1) is 33.7 Å². The topological polar surface area (TPSA) is 75.2 Å². The summed E-state index contributed by atoms with van der Waals surface area (Å²) in [5, 5.41) is 19.3. The molecule has 2 aromatic heterocycles. The summed E-state index contributed by atoms with van der Waals surface area (Å²) in [5.74, 6) is 0. The monoisotopic (exact) mass is 520 g/mol. The SMILES string of the molecule is CS/C(=N\N=C/c1ccc2ccccc2n1)SS/C(=N/N=C/c1ccc2ccccc2n1)SC. The Bertz CT molecular complexity index is 1290. The van der Waals surface area contributed by atoms with E-state index in [2.05, 4.69) is 30.4 Å². The number of aromatic nitrogens is 2. The normalized spacial score (nSPS) is 13.0. The van der Waals surface area contributed by atoms with Crippen molar-refractivity contribution in [3.05, 3.63) is 84.2 Å². The Hall–Kier alpha value is -2.66. The summed E-state index contributed by atoms with van der Waals surface area (Å²) in [6.07, 6.45) is 7.27. The number of rotatable bonds is 4. The van der Waals surface area contributed by atoms with Crippen LogP contribution >= 0.6 is 45.1 Å². The highest BCUT2D eigenvalue weighted by Crippen LogP contribution is 2.32. The first-order valence-corrected chi connectivity index (χ1v) is 14.7. The average molecular weight is 521 g/mol. The predicted octanol–water partition coefficient (Wildman–Crippen LogP) is 6.97. The van der Waals surface area contributed by atoms with Gasteiger partial charge in [-0.25, -0.2) is 9.97 Å². The summed E-state index contributed by atoms with van der Waals surface area (Å²) in [6.45, 7) is 0. The van der Waals surface area contributed by atoms with Crippen molar-refractivity contribution in [1.82, 2.24) is 9.97 Å². The van der Waals surface area contributed by atoms with E-state index in [1.807, 2.05) is 85.3 Å². The molecule has 10 heteroatoms. The Morgan fingerprint density at radius 3 is 1.50 bits per heavy atom. The van der Waals surface area contributed by atoms with Gasteiger partial charge < -0.3 is 0 Å². The molecule has 0 aliphatic heterocycles. The van der Waals surface area contributed by atoms with Crippen molar-refractivity contribution in [2.75, 3.05) is 12.5 Å². The van der Waals surface area contributed by atoms with E-state index in [0.29, 0.717) is 0 Å². The molecule has 0 saturated heterocycles. The fourth-order valence-electron chi connectivity index (χ4n) is 2.83. The third-order valence-electron chi connectivity index (χ3n) is 4.43. The number of benzene rings is 2. The number of para-hydroxylation sites is 2. The first-order valence-electron chi connectivity index (χ1n) is 10.1. The van der Waals surface area contributed by atoms with Crippen molar-refractivity contribution in [2.24, 2.45) is 20.4 Å². The second-order valence-corrected chi connectivity index (χ2v) is 10.9. The van der Waals surface area contributed by atoms with E-state index in [9.17, 15) is 0 Å². The number of fused-ring (bicyclic) bond motifs is 2. The molecule has 2 aromatic carbocycles. The number of pyridine rings is 2. The van der Waals surface area contributed by atoms with E-state index in [1.165, 1.54) is 45.1 Å². The van der Waals surface area contributed by atoms with Gasteiger partial charge in [-0.1, -0.05) is 48.5 Å². The van der Waals surface area contributed by atoms with Crippen LogP contribution in [0.15, 0.2) is 93.2 Å². The van der Waals surface area contributed by atoms with Gasteiger partial charge in [0, 0.05) is 10.8 Å². The lowest BCUT2D eigenvalue weighted by Crippen LogP contribution is -1.89. The van der Waals surface area contributed by atoms with E-state index in [-0.39, 0.29) is 0 Å². The van der Waals surface area contributed by atoms with Gasteiger partial charge in [-0.05, 0) is 58.4 Å². The van der Waals surface area contributed by atoms with Crippen LogP contribution in [0.25, 0.3) is 21.8 Å². The molecule has 0 saturated carbocycles. The summed E-state index contributed by atoms with van der Waals surface area (Å²) < 4.78 is 1.62. The molecule has 0 bridgehead atoms. The number of hydrogen-bond donors (Lipinski definition) is 0. The molecule has 4 rings (SSSR count). The molecule has 0 spiro atoms. The first kappa shape index (κ1) is 24.5. The number of nitrogens with zero attached hydrogens (tertiary/aromatic N) is 6. The zero-order valence-electron chi connectivity index (χ0n) is 18.4. The molecule has 6 nitrogen and oxygen atoms in total. The van der Waals surface area contributed by atoms with Crippen molar-refractivity contribution in [3.63, 3.8) is 0 Å². The van der Waals surface area contributed by atoms with Gasteiger partial charge in [0.2, 0.25) is 0 Å². The van der Waals surface area contributed by atoms with Crippen molar-refractivity contribution < 1.29 is 0 Å². The summed E-state index contributed by atoms with van der Waals surface area (Å²) in [7, 11) is 2.99. The van der Waals surface area contributed by atoms with Gasteiger partial charge in [-0.2, -0.15) is 10.2 Å². The van der Waals surface area contributed by atoms with Crippen LogP contribution in [0.5, 0.6) is 0 Å². The highest BCUT2D eigenvalue weighted by molar-refractivity contribution is 8.93. The lowest BCUT2D eigenvalue weighted by Gasteiger charge is -2.01. The van der Waals surface area contributed by atoms with E-state index in [1.54, 1.807) is 12.4 Å². The van der Waals surface area contributed by atoms with Crippen LogP contribution in [-0.4, -0.2) is 43.7 Å². The summed E-state index contributed by atoms with van der Waals surface area (Å²) >= 11 is 3.05. The van der Waals surface area contributed by atoms with Crippen molar-refractivity contribution in [3.8, 4) is 0 Å². The molecule has 0 radical (unpaired) electrons. The van der Waals surface area contributed by atoms with Crippen LogP contribution in [0.4, 0.5) is 0 Å². The predicted molar refractivity (Wildman–Crippen MR) is 156 cm³/mol.